The Balaban J connectivity index is 2.10. The summed E-state index contributed by atoms with van der Waals surface area (Å²) in [6, 6.07) is 19.7. The summed E-state index contributed by atoms with van der Waals surface area (Å²) >= 11 is 2.30. The Labute approximate surface area is 213 Å². The number of alkyl halides is 6. The minimum Gasteiger partial charge on any atom is -0.366 e. The number of rotatable bonds is 7. The topological polar surface area (TPSA) is 23.5 Å². The van der Waals surface area contributed by atoms with Crippen molar-refractivity contribution in [3.8, 4) is 11.8 Å². The van der Waals surface area contributed by atoms with Crippen LogP contribution in [0.5, 0.6) is 0 Å². The average Bonchev–Trinajstić information content (AvgIpc) is 2.85. The first-order valence-electron chi connectivity index (χ1n) is 10.6. The Kier molecular flexibility index (Phi) is 8.93. The fourth-order valence-electron chi connectivity index (χ4n) is 3.18. The van der Waals surface area contributed by atoms with Crippen molar-refractivity contribution in [1.82, 2.24) is 0 Å². The summed E-state index contributed by atoms with van der Waals surface area (Å²) in [5.41, 5.74) is -4.26. The highest BCUT2D eigenvalue weighted by Crippen LogP contribution is 2.44. The predicted molar refractivity (Wildman–Crippen MR) is 132 cm³/mol. The van der Waals surface area contributed by atoms with Crippen LogP contribution in [0.15, 0.2) is 88.7 Å². The normalized spacial score (nSPS) is 13.4. The molecular weight excluding hydrogens is 520 g/mol. The second kappa shape index (κ2) is 11.5. The van der Waals surface area contributed by atoms with Crippen molar-refractivity contribution in [2.45, 2.75) is 34.2 Å². The van der Waals surface area contributed by atoms with Crippen molar-refractivity contribution in [1.29, 1.82) is 0 Å². The van der Waals surface area contributed by atoms with Gasteiger partial charge in [0.25, 0.3) is 5.60 Å². The van der Waals surface area contributed by atoms with Crippen molar-refractivity contribution < 1.29 is 31.4 Å². The largest absolute Gasteiger partial charge is 0.433 e. The van der Waals surface area contributed by atoms with Gasteiger partial charge in [-0.2, -0.15) is 26.3 Å². The van der Waals surface area contributed by atoms with E-state index in [0.29, 0.717) is 4.90 Å². The molecule has 0 amide bonds. The molecule has 3 aromatic rings. The zero-order valence-corrected chi connectivity index (χ0v) is 20.5. The molecule has 0 spiro atoms. The van der Waals surface area contributed by atoms with Gasteiger partial charge in [0.2, 0.25) is 0 Å². The van der Waals surface area contributed by atoms with Gasteiger partial charge in [0.1, 0.15) is 0 Å². The summed E-state index contributed by atoms with van der Waals surface area (Å²) in [6.45, 7) is -0.641. The van der Waals surface area contributed by atoms with Gasteiger partial charge < -0.3 is 9.41 Å². The lowest BCUT2D eigenvalue weighted by Gasteiger charge is -2.32. The van der Waals surface area contributed by atoms with Crippen molar-refractivity contribution in [2.24, 2.45) is 0 Å². The molecule has 190 valence electrons. The number of hydrogen-bond donors (Lipinski definition) is 1. The highest BCUT2D eigenvalue weighted by molar-refractivity contribution is 8.00. The van der Waals surface area contributed by atoms with E-state index in [4.69, 9.17) is 0 Å². The molecule has 2 nitrogen and oxygen atoms in total. The van der Waals surface area contributed by atoms with Crippen LogP contribution in [0.2, 0.25) is 0 Å². The lowest BCUT2D eigenvalue weighted by atomic mass is 9.91. The molecule has 3 rings (SSSR count). The minimum absolute atomic E-state index is 0.220. The van der Waals surface area contributed by atoms with Gasteiger partial charge in [0.05, 0.1) is 12.1 Å². The molecule has 3 aromatic carbocycles. The number of hydrogen-bond acceptors (Lipinski definition) is 4. The van der Waals surface area contributed by atoms with E-state index in [1.165, 1.54) is 42.1 Å². The van der Waals surface area contributed by atoms with Gasteiger partial charge in [-0.25, -0.2) is 0 Å². The molecule has 0 aliphatic carbocycles. The maximum atomic E-state index is 14.3. The second-order valence-corrected chi connectivity index (χ2v) is 9.55. The van der Waals surface area contributed by atoms with Gasteiger partial charge in [-0.3, -0.25) is 0 Å². The van der Waals surface area contributed by atoms with Crippen LogP contribution in [0.25, 0.3) is 0 Å². The number of benzene rings is 3. The smallest absolute Gasteiger partial charge is 0.366 e. The van der Waals surface area contributed by atoms with Crippen LogP contribution in [0, 0.1) is 11.8 Å². The van der Waals surface area contributed by atoms with Crippen LogP contribution in [-0.2, 0) is 5.60 Å². The van der Waals surface area contributed by atoms with Crippen molar-refractivity contribution >= 4 is 29.4 Å². The lowest BCUT2D eigenvalue weighted by Crippen LogP contribution is -2.42. The molecule has 0 fully saturated rings. The van der Waals surface area contributed by atoms with E-state index < -0.39 is 36.5 Å². The van der Waals surface area contributed by atoms with E-state index >= 15 is 0 Å². The molecule has 1 atom stereocenters. The van der Waals surface area contributed by atoms with E-state index in [9.17, 15) is 31.4 Å². The number of halogens is 6. The predicted octanol–water partition coefficient (Wildman–Crippen LogP) is 7.68. The standard InChI is InChI=1S/C26H21F6NOS2/c1-35-20-13-11-19(12-14-20)15-16-24(34,26(30,31)32)22-9-5-6-10-23(22)33(18-17-25(27,28)29)36-21-7-3-2-4-8-21/h2-14,34H,17-18H2,1H3. The van der Waals surface area contributed by atoms with Gasteiger partial charge >= 0.3 is 12.4 Å². The van der Waals surface area contributed by atoms with Crippen molar-refractivity contribution in [3.05, 3.63) is 90.0 Å². The third kappa shape index (κ3) is 7.15. The number of nitrogens with zero attached hydrogens (tertiary/aromatic N) is 1. The number of para-hydroxylation sites is 1. The Hall–Kier alpha value is -2.74. The molecular formula is C26H21F6NOS2. The SMILES string of the molecule is CSc1ccc(C#CC(O)(c2ccccc2N(CCC(F)(F)F)Sc2ccccc2)C(F)(F)F)cc1. The molecule has 1 N–H and O–H groups in total. The Bertz CT molecular complexity index is 1200. The van der Waals surface area contributed by atoms with Gasteiger partial charge in [-0.1, -0.05) is 42.3 Å². The summed E-state index contributed by atoms with van der Waals surface area (Å²) in [4.78, 5) is 1.40. The fourth-order valence-corrected chi connectivity index (χ4v) is 4.56. The molecule has 10 heteroatoms. The maximum absolute atomic E-state index is 14.3. The first kappa shape index (κ1) is 27.8. The average molecular weight is 542 g/mol. The van der Waals surface area contributed by atoms with Crippen LogP contribution in [0.3, 0.4) is 0 Å². The van der Waals surface area contributed by atoms with Crippen LogP contribution >= 0.6 is 23.7 Å². The van der Waals surface area contributed by atoms with Gasteiger partial charge in [0.15, 0.2) is 0 Å². The summed E-state index contributed by atoms with van der Waals surface area (Å²) in [6.07, 6.45) is -9.19. The highest BCUT2D eigenvalue weighted by Gasteiger charge is 2.55. The van der Waals surface area contributed by atoms with Gasteiger partial charge in [-0.05, 0) is 66.6 Å². The van der Waals surface area contributed by atoms with Crippen molar-refractivity contribution in [2.75, 3.05) is 17.1 Å². The first-order chi connectivity index (χ1) is 16.9. The Morgan fingerprint density at radius 2 is 1.42 bits per heavy atom. The maximum Gasteiger partial charge on any atom is 0.433 e. The quantitative estimate of drug-likeness (QED) is 0.144. The third-order valence-corrected chi connectivity index (χ3v) is 6.83. The molecule has 0 heterocycles. The molecule has 0 aliphatic heterocycles. The molecule has 0 radical (unpaired) electrons. The van der Waals surface area contributed by atoms with E-state index in [1.807, 2.05) is 12.2 Å². The number of anilines is 1. The van der Waals surface area contributed by atoms with Gasteiger partial charge in [-0.15, -0.1) is 11.8 Å². The van der Waals surface area contributed by atoms with E-state index in [0.717, 1.165) is 27.2 Å². The van der Waals surface area contributed by atoms with Crippen LogP contribution in [0.1, 0.15) is 17.5 Å². The fraction of sp³-hybridized carbons (Fsp3) is 0.231. The zero-order valence-electron chi connectivity index (χ0n) is 18.9. The number of thioether (sulfide) groups is 1. The van der Waals surface area contributed by atoms with Crippen molar-refractivity contribution in [3.63, 3.8) is 0 Å². The Morgan fingerprint density at radius 1 is 0.806 bits per heavy atom. The number of aliphatic hydroxyl groups is 1. The molecule has 36 heavy (non-hydrogen) atoms. The third-order valence-electron chi connectivity index (χ3n) is 5.01. The molecule has 0 aromatic heterocycles. The second-order valence-electron chi connectivity index (χ2n) is 7.58. The molecule has 0 saturated carbocycles. The minimum atomic E-state index is -5.23. The summed E-state index contributed by atoms with van der Waals surface area (Å²) in [5.74, 6) is 4.33. The van der Waals surface area contributed by atoms with E-state index in [2.05, 4.69) is 5.92 Å². The van der Waals surface area contributed by atoms with Crippen LogP contribution < -0.4 is 4.31 Å². The molecule has 0 aliphatic rings. The van der Waals surface area contributed by atoms with E-state index in [1.54, 1.807) is 42.5 Å². The summed E-state index contributed by atoms with van der Waals surface area (Å²) in [5, 5.41) is 10.9. The van der Waals surface area contributed by atoms with E-state index in [-0.39, 0.29) is 11.3 Å². The van der Waals surface area contributed by atoms with Crippen LogP contribution in [-0.4, -0.2) is 30.3 Å². The zero-order chi connectivity index (χ0) is 26.4. The molecule has 0 saturated heterocycles. The molecule has 1 unspecified atom stereocenters. The Morgan fingerprint density at radius 3 is 2.00 bits per heavy atom. The summed E-state index contributed by atoms with van der Waals surface area (Å²) < 4.78 is 83.2. The monoisotopic (exact) mass is 541 g/mol. The van der Waals surface area contributed by atoms with Crippen LogP contribution in [0.4, 0.5) is 32.0 Å². The highest BCUT2D eigenvalue weighted by atomic mass is 32.2. The summed E-state index contributed by atoms with van der Waals surface area (Å²) in [7, 11) is 0. The lowest BCUT2D eigenvalue weighted by molar-refractivity contribution is -0.240. The first-order valence-corrected chi connectivity index (χ1v) is 12.6. The molecule has 0 bridgehead atoms. The van der Waals surface area contributed by atoms with Gasteiger partial charge in [0, 0.05) is 27.5 Å².